The van der Waals surface area contributed by atoms with Crippen molar-refractivity contribution < 1.29 is 9.59 Å². The molecule has 86 valence electrons. The molecule has 0 fully saturated rings. The van der Waals surface area contributed by atoms with Gasteiger partial charge in [0.15, 0.2) is 5.78 Å². The Morgan fingerprint density at radius 3 is 2.25 bits per heavy atom. The van der Waals surface area contributed by atoms with Crippen molar-refractivity contribution in [3.8, 4) is 0 Å². The van der Waals surface area contributed by atoms with E-state index in [-0.39, 0.29) is 18.0 Å². The highest BCUT2D eigenvalue weighted by Crippen LogP contribution is 2.21. The summed E-state index contributed by atoms with van der Waals surface area (Å²) in [6.45, 7) is 5.40. The Bertz CT molecular complexity index is 416. The molecule has 0 aliphatic heterocycles. The fraction of sp³-hybridized carbons (Fsp3) is 0.385. The quantitative estimate of drug-likeness (QED) is 0.596. The molecule has 0 spiro atoms. The number of halogens is 1. The van der Waals surface area contributed by atoms with Crippen LogP contribution in [-0.2, 0) is 4.79 Å². The second kappa shape index (κ2) is 4.79. The molecule has 0 radical (unpaired) electrons. The molecule has 3 heteroatoms. The number of hydrogen-bond acceptors (Lipinski definition) is 2. The normalized spacial score (nSPS) is 11.2. The van der Waals surface area contributed by atoms with E-state index >= 15 is 0 Å². The van der Waals surface area contributed by atoms with E-state index < -0.39 is 5.41 Å². The molecule has 0 bridgehead atoms. The van der Waals surface area contributed by atoms with Gasteiger partial charge in [-0.3, -0.25) is 9.59 Å². The van der Waals surface area contributed by atoms with E-state index in [2.05, 4.69) is 0 Å². The van der Waals surface area contributed by atoms with Crippen LogP contribution in [0.25, 0.3) is 0 Å². The third-order valence-corrected chi connectivity index (χ3v) is 2.66. The first-order valence-electron chi connectivity index (χ1n) is 5.13. The molecule has 0 aliphatic carbocycles. The number of rotatable bonds is 3. The van der Waals surface area contributed by atoms with Crippen LogP contribution in [0.15, 0.2) is 24.3 Å². The average Bonchev–Trinajstić information content (AvgIpc) is 2.16. The summed E-state index contributed by atoms with van der Waals surface area (Å²) in [5, 5.41) is 0.397. The van der Waals surface area contributed by atoms with E-state index in [4.69, 9.17) is 11.6 Å². The maximum Gasteiger partial charge on any atom is 0.171 e. The molecule has 1 aromatic carbocycles. The zero-order valence-corrected chi connectivity index (χ0v) is 10.5. The monoisotopic (exact) mass is 238 g/mol. The van der Waals surface area contributed by atoms with Crippen molar-refractivity contribution in [2.45, 2.75) is 27.2 Å². The first-order valence-corrected chi connectivity index (χ1v) is 5.51. The van der Waals surface area contributed by atoms with Gasteiger partial charge < -0.3 is 0 Å². The Labute approximate surface area is 101 Å². The highest BCUT2D eigenvalue weighted by atomic mass is 35.5. The van der Waals surface area contributed by atoms with Crippen LogP contribution in [0.3, 0.4) is 0 Å². The van der Waals surface area contributed by atoms with Gasteiger partial charge in [0.25, 0.3) is 0 Å². The van der Waals surface area contributed by atoms with Gasteiger partial charge in [-0.15, -0.1) is 0 Å². The molecule has 16 heavy (non-hydrogen) atoms. The van der Waals surface area contributed by atoms with E-state index in [1.807, 2.05) is 0 Å². The van der Waals surface area contributed by atoms with Gasteiger partial charge in [-0.05, 0) is 12.1 Å². The summed E-state index contributed by atoms with van der Waals surface area (Å²) in [5.41, 5.74) is -0.0709. The number of benzene rings is 1. The van der Waals surface area contributed by atoms with Crippen molar-refractivity contribution in [2.75, 3.05) is 0 Å². The lowest BCUT2D eigenvalue weighted by atomic mass is 9.87. The molecule has 0 saturated heterocycles. The fourth-order valence-corrected chi connectivity index (χ4v) is 1.43. The largest absolute Gasteiger partial charge is 0.299 e. The summed E-state index contributed by atoms with van der Waals surface area (Å²) in [5.74, 6) is -0.289. The highest BCUT2D eigenvalue weighted by molar-refractivity contribution is 6.34. The average molecular weight is 239 g/mol. The number of Topliss-reactive ketones (excluding diaryl/α,β-unsaturated/α-hetero) is 2. The number of ketones is 2. The van der Waals surface area contributed by atoms with Crippen molar-refractivity contribution in [2.24, 2.45) is 5.41 Å². The standard InChI is InChI=1S/C13H15ClO2/c1-13(2,3)12(16)8-11(15)9-6-4-5-7-10(9)14/h4-7H,8H2,1-3H3. The summed E-state index contributed by atoms with van der Waals surface area (Å²) < 4.78 is 0. The fourth-order valence-electron chi connectivity index (χ4n) is 1.19. The molecule has 0 saturated carbocycles. The topological polar surface area (TPSA) is 34.1 Å². The molecule has 0 heterocycles. The van der Waals surface area contributed by atoms with Crippen LogP contribution in [0.1, 0.15) is 37.6 Å². The summed E-state index contributed by atoms with van der Waals surface area (Å²) in [7, 11) is 0. The lowest BCUT2D eigenvalue weighted by Gasteiger charge is -2.15. The molecule has 0 unspecified atom stereocenters. The predicted octanol–water partition coefficient (Wildman–Crippen LogP) is 3.53. The highest BCUT2D eigenvalue weighted by Gasteiger charge is 2.24. The maximum absolute atomic E-state index is 11.8. The van der Waals surface area contributed by atoms with Crippen molar-refractivity contribution in [1.82, 2.24) is 0 Å². The predicted molar refractivity (Wildman–Crippen MR) is 64.9 cm³/mol. The van der Waals surface area contributed by atoms with Gasteiger partial charge >= 0.3 is 0 Å². The van der Waals surface area contributed by atoms with Gasteiger partial charge in [0, 0.05) is 11.0 Å². The van der Waals surface area contributed by atoms with Gasteiger partial charge in [0.1, 0.15) is 5.78 Å². The van der Waals surface area contributed by atoms with Crippen LogP contribution in [0.5, 0.6) is 0 Å². The molecule has 0 aliphatic rings. The van der Waals surface area contributed by atoms with Crippen LogP contribution in [0, 0.1) is 5.41 Å². The van der Waals surface area contributed by atoms with Crippen molar-refractivity contribution in [3.63, 3.8) is 0 Å². The molecule has 1 rings (SSSR count). The molecule has 0 atom stereocenters. The second-order valence-corrected chi connectivity index (χ2v) is 5.16. The summed E-state index contributed by atoms with van der Waals surface area (Å²) in [6, 6.07) is 6.78. The molecule has 0 N–H and O–H groups in total. The first kappa shape index (κ1) is 12.9. The van der Waals surface area contributed by atoms with E-state index in [0.29, 0.717) is 10.6 Å². The Balaban J connectivity index is 2.82. The summed E-state index contributed by atoms with van der Waals surface area (Å²) in [6.07, 6.45) is -0.0900. The third-order valence-electron chi connectivity index (χ3n) is 2.33. The second-order valence-electron chi connectivity index (χ2n) is 4.75. The van der Waals surface area contributed by atoms with Crippen molar-refractivity contribution in [1.29, 1.82) is 0 Å². The Morgan fingerprint density at radius 2 is 1.75 bits per heavy atom. The van der Waals surface area contributed by atoms with Crippen molar-refractivity contribution in [3.05, 3.63) is 34.9 Å². The van der Waals surface area contributed by atoms with Gasteiger partial charge in [0.05, 0.1) is 11.4 Å². The van der Waals surface area contributed by atoms with Gasteiger partial charge in [-0.2, -0.15) is 0 Å². The molecule has 0 amide bonds. The van der Waals surface area contributed by atoms with E-state index in [0.717, 1.165) is 0 Å². The van der Waals surface area contributed by atoms with E-state index in [1.165, 1.54) is 0 Å². The Morgan fingerprint density at radius 1 is 1.19 bits per heavy atom. The summed E-state index contributed by atoms with van der Waals surface area (Å²) >= 11 is 5.88. The zero-order chi connectivity index (χ0) is 12.3. The van der Waals surface area contributed by atoms with Crippen LogP contribution in [0.2, 0.25) is 5.02 Å². The van der Waals surface area contributed by atoms with Gasteiger partial charge in [-0.25, -0.2) is 0 Å². The Hall–Kier alpha value is -1.15. The molecular weight excluding hydrogens is 224 g/mol. The first-order chi connectivity index (χ1) is 7.32. The Kier molecular flexibility index (Phi) is 3.87. The van der Waals surface area contributed by atoms with Crippen LogP contribution in [-0.4, -0.2) is 11.6 Å². The zero-order valence-electron chi connectivity index (χ0n) is 9.71. The number of hydrogen-bond donors (Lipinski definition) is 0. The van der Waals surface area contributed by atoms with Gasteiger partial charge in [0.2, 0.25) is 0 Å². The van der Waals surface area contributed by atoms with E-state index in [1.54, 1.807) is 45.0 Å². The molecule has 2 nitrogen and oxygen atoms in total. The van der Waals surface area contributed by atoms with Crippen LogP contribution >= 0.6 is 11.6 Å². The van der Waals surface area contributed by atoms with E-state index in [9.17, 15) is 9.59 Å². The lowest BCUT2D eigenvalue weighted by Crippen LogP contribution is -2.23. The van der Waals surface area contributed by atoms with Crippen LogP contribution in [0.4, 0.5) is 0 Å². The smallest absolute Gasteiger partial charge is 0.171 e. The lowest BCUT2D eigenvalue weighted by molar-refractivity contribution is -0.125. The summed E-state index contributed by atoms with van der Waals surface area (Å²) in [4.78, 5) is 23.5. The number of carbonyl (C=O) groups is 2. The van der Waals surface area contributed by atoms with Gasteiger partial charge in [-0.1, -0.05) is 44.5 Å². The minimum absolute atomic E-state index is 0.0718. The molecule has 1 aromatic rings. The maximum atomic E-state index is 11.8. The van der Waals surface area contributed by atoms with Crippen LogP contribution < -0.4 is 0 Å². The molecular formula is C13H15ClO2. The minimum atomic E-state index is -0.489. The minimum Gasteiger partial charge on any atom is -0.299 e. The third kappa shape index (κ3) is 3.17. The number of carbonyl (C=O) groups excluding carboxylic acids is 2. The molecule has 0 aromatic heterocycles. The van der Waals surface area contributed by atoms with Crippen molar-refractivity contribution >= 4 is 23.2 Å². The SMILES string of the molecule is CC(C)(C)C(=O)CC(=O)c1ccccc1Cl.